The Bertz CT molecular complexity index is 1140. The number of nitrogens with two attached hydrogens (primary N) is 1. The molecule has 2 saturated heterocycles. The highest BCUT2D eigenvalue weighted by Gasteiger charge is 2.33. The zero-order valence-electron chi connectivity index (χ0n) is 17.7. The summed E-state index contributed by atoms with van der Waals surface area (Å²) in [6.07, 6.45) is 4.50. The molecule has 0 spiro atoms. The molecular weight excluding hydrogens is 451 g/mol. The molecule has 170 valence electrons. The van der Waals surface area contributed by atoms with Crippen LogP contribution in [0.1, 0.15) is 33.8 Å². The Balaban J connectivity index is 0.00000245. The van der Waals surface area contributed by atoms with E-state index in [0.717, 1.165) is 37.2 Å². The van der Waals surface area contributed by atoms with Gasteiger partial charge in [-0.15, -0.1) is 23.7 Å². The fourth-order valence-corrected chi connectivity index (χ4v) is 5.51. The van der Waals surface area contributed by atoms with Crippen molar-refractivity contribution in [1.29, 1.82) is 0 Å². The Kier molecular flexibility index (Phi) is 6.50. The van der Waals surface area contributed by atoms with Crippen LogP contribution in [0, 0.1) is 12.7 Å². The van der Waals surface area contributed by atoms with Gasteiger partial charge in [-0.05, 0) is 43.9 Å². The molecule has 2 fully saturated rings. The molecule has 5 rings (SSSR count). The number of amides is 1. The second-order valence-corrected chi connectivity index (χ2v) is 9.34. The number of hydrogen-bond acceptors (Lipinski definition) is 7. The molecule has 2 unspecified atom stereocenters. The summed E-state index contributed by atoms with van der Waals surface area (Å²) in [6.45, 7) is 3.94. The van der Waals surface area contributed by atoms with Crippen molar-refractivity contribution in [2.75, 3.05) is 30.3 Å². The van der Waals surface area contributed by atoms with Crippen molar-refractivity contribution in [3.8, 4) is 0 Å². The van der Waals surface area contributed by atoms with Crippen LogP contribution < -0.4 is 21.3 Å². The molecule has 0 saturated carbocycles. The second-order valence-electron chi connectivity index (χ2n) is 8.34. The highest BCUT2D eigenvalue weighted by Crippen LogP contribution is 2.31. The maximum absolute atomic E-state index is 14.8. The summed E-state index contributed by atoms with van der Waals surface area (Å²) in [4.78, 5) is 24.5. The van der Waals surface area contributed by atoms with Gasteiger partial charge in [-0.25, -0.2) is 14.4 Å². The maximum Gasteiger partial charge on any atom is 0.263 e. The highest BCUT2D eigenvalue weighted by molar-refractivity contribution is 7.21. The molecule has 10 heteroatoms. The fraction of sp³-hybridized carbons (Fsp3) is 0.409. The number of nitrogen functional groups attached to an aromatic ring is 1. The molecule has 2 aliphatic rings. The summed E-state index contributed by atoms with van der Waals surface area (Å²) in [5.41, 5.74) is 9.29. The van der Waals surface area contributed by atoms with Crippen molar-refractivity contribution in [2.24, 2.45) is 0 Å². The molecule has 2 atom stereocenters. The number of thiophene rings is 1. The van der Waals surface area contributed by atoms with Gasteiger partial charge in [0, 0.05) is 37.9 Å². The Morgan fingerprint density at radius 2 is 2.09 bits per heavy atom. The Hall–Kier alpha value is -2.49. The van der Waals surface area contributed by atoms with Gasteiger partial charge in [0.05, 0.1) is 17.1 Å². The van der Waals surface area contributed by atoms with Crippen LogP contribution in [0.5, 0.6) is 0 Å². The zero-order chi connectivity index (χ0) is 21.5. The minimum atomic E-state index is -0.256. The van der Waals surface area contributed by atoms with Gasteiger partial charge in [0.25, 0.3) is 5.91 Å². The van der Waals surface area contributed by atoms with Gasteiger partial charge in [-0.1, -0.05) is 6.07 Å². The number of fused-ring (bicyclic) bond motifs is 3. The van der Waals surface area contributed by atoms with E-state index < -0.39 is 0 Å². The first-order valence-corrected chi connectivity index (χ1v) is 11.4. The molecule has 2 bridgehead atoms. The monoisotopic (exact) mass is 476 g/mol. The predicted molar refractivity (Wildman–Crippen MR) is 128 cm³/mol. The lowest BCUT2D eigenvalue weighted by Gasteiger charge is -2.34. The van der Waals surface area contributed by atoms with Crippen LogP contribution in [0.25, 0.3) is 10.3 Å². The first-order chi connectivity index (χ1) is 15.0. The van der Waals surface area contributed by atoms with E-state index in [0.29, 0.717) is 51.6 Å². The average molecular weight is 477 g/mol. The summed E-state index contributed by atoms with van der Waals surface area (Å²) >= 11 is 1.24. The Morgan fingerprint density at radius 1 is 1.34 bits per heavy atom. The molecule has 1 amide bonds. The SMILES string of the molecule is Cc1cnc2c(N)c(C(=O)NCCc3ccc(N4CC5CCC(C4)N5)c(F)c3)sc2n1.Cl. The molecule has 4 heterocycles. The number of nitrogens with zero attached hydrogens (tertiary/aromatic N) is 3. The standard InChI is InChI=1S/C22H25FN6OS.ClH/c1-12-9-26-19-18(24)20(31-22(19)27-12)21(30)25-7-6-13-2-5-17(16(23)8-13)29-10-14-3-4-15(11-29)28-14;/h2,5,8-9,14-15,28H,3-4,6-7,10-11,24H2,1H3,(H,25,30);1H. The number of piperazine rings is 1. The molecule has 32 heavy (non-hydrogen) atoms. The van der Waals surface area contributed by atoms with Crippen LogP contribution in [0.2, 0.25) is 0 Å². The zero-order valence-corrected chi connectivity index (χ0v) is 19.4. The number of aromatic nitrogens is 2. The van der Waals surface area contributed by atoms with Crippen molar-refractivity contribution in [1.82, 2.24) is 20.6 Å². The summed E-state index contributed by atoms with van der Waals surface area (Å²) in [6, 6.07) is 6.31. The minimum absolute atomic E-state index is 0. The van der Waals surface area contributed by atoms with E-state index in [9.17, 15) is 9.18 Å². The van der Waals surface area contributed by atoms with E-state index in [4.69, 9.17) is 5.73 Å². The minimum Gasteiger partial charge on any atom is -0.396 e. The number of nitrogens with one attached hydrogen (secondary N) is 2. The first kappa shape index (κ1) is 22.7. The molecule has 4 N–H and O–H groups in total. The summed E-state index contributed by atoms with van der Waals surface area (Å²) < 4.78 is 14.8. The number of anilines is 2. The van der Waals surface area contributed by atoms with Crippen molar-refractivity contribution < 1.29 is 9.18 Å². The number of halogens is 2. The van der Waals surface area contributed by atoms with E-state index in [2.05, 4.69) is 25.5 Å². The molecule has 2 aliphatic heterocycles. The third-order valence-electron chi connectivity index (χ3n) is 6.03. The number of carbonyl (C=O) groups is 1. The molecule has 3 aromatic rings. The van der Waals surface area contributed by atoms with E-state index in [-0.39, 0.29) is 24.1 Å². The van der Waals surface area contributed by atoms with Crippen molar-refractivity contribution in [3.63, 3.8) is 0 Å². The molecular formula is C22H26ClFN6OS. The van der Waals surface area contributed by atoms with Gasteiger partial charge in [0.1, 0.15) is 21.0 Å². The maximum atomic E-state index is 14.8. The fourth-order valence-electron chi connectivity index (χ4n) is 4.50. The average Bonchev–Trinajstić information content (AvgIpc) is 3.26. The summed E-state index contributed by atoms with van der Waals surface area (Å²) in [5, 5.41) is 6.44. The first-order valence-electron chi connectivity index (χ1n) is 10.6. The van der Waals surface area contributed by atoms with Gasteiger partial charge < -0.3 is 21.3 Å². The van der Waals surface area contributed by atoms with Gasteiger partial charge in [0.2, 0.25) is 0 Å². The lowest BCUT2D eigenvalue weighted by atomic mass is 10.1. The van der Waals surface area contributed by atoms with E-state index >= 15 is 0 Å². The topological polar surface area (TPSA) is 96.2 Å². The lowest BCUT2D eigenvalue weighted by Crippen LogP contribution is -2.51. The number of benzene rings is 1. The highest BCUT2D eigenvalue weighted by atomic mass is 35.5. The van der Waals surface area contributed by atoms with Crippen LogP contribution >= 0.6 is 23.7 Å². The molecule has 0 radical (unpaired) electrons. The number of rotatable bonds is 5. The van der Waals surface area contributed by atoms with Gasteiger partial charge in [-0.3, -0.25) is 4.79 Å². The molecule has 1 aromatic carbocycles. The molecule has 2 aromatic heterocycles. The summed E-state index contributed by atoms with van der Waals surface area (Å²) in [5.74, 6) is -0.459. The van der Waals surface area contributed by atoms with Crippen LogP contribution in [0.15, 0.2) is 24.4 Å². The van der Waals surface area contributed by atoms with Gasteiger partial charge in [0.15, 0.2) is 0 Å². The number of aryl methyl sites for hydroxylation is 1. The van der Waals surface area contributed by atoms with Crippen LogP contribution in [-0.2, 0) is 6.42 Å². The third-order valence-corrected chi connectivity index (χ3v) is 7.12. The number of hydrogen-bond donors (Lipinski definition) is 3. The molecule has 7 nitrogen and oxygen atoms in total. The van der Waals surface area contributed by atoms with E-state index in [1.807, 2.05) is 19.1 Å². The largest absolute Gasteiger partial charge is 0.396 e. The predicted octanol–water partition coefficient (Wildman–Crippen LogP) is 3.06. The normalized spacial score (nSPS) is 19.8. The second kappa shape index (κ2) is 9.17. The Labute approximate surface area is 196 Å². The van der Waals surface area contributed by atoms with Gasteiger partial charge in [-0.2, -0.15) is 0 Å². The van der Waals surface area contributed by atoms with E-state index in [1.165, 1.54) is 11.3 Å². The van der Waals surface area contributed by atoms with Crippen molar-refractivity contribution in [2.45, 2.75) is 38.3 Å². The third kappa shape index (κ3) is 4.37. The van der Waals surface area contributed by atoms with E-state index in [1.54, 1.807) is 12.3 Å². The summed E-state index contributed by atoms with van der Waals surface area (Å²) in [7, 11) is 0. The molecule has 0 aliphatic carbocycles. The lowest BCUT2D eigenvalue weighted by molar-refractivity contribution is 0.0959. The van der Waals surface area contributed by atoms with Crippen LogP contribution in [-0.4, -0.2) is 47.6 Å². The van der Waals surface area contributed by atoms with Crippen molar-refractivity contribution in [3.05, 3.63) is 46.3 Å². The van der Waals surface area contributed by atoms with Crippen molar-refractivity contribution >= 4 is 51.4 Å². The van der Waals surface area contributed by atoms with Crippen LogP contribution in [0.4, 0.5) is 15.8 Å². The van der Waals surface area contributed by atoms with Crippen LogP contribution in [0.3, 0.4) is 0 Å². The number of carbonyl (C=O) groups excluding carboxylic acids is 1. The smallest absolute Gasteiger partial charge is 0.263 e. The quantitative estimate of drug-likeness (QED) is 0.523. The van der Waals surface area contributed by atoms with Gasteiger partial charge >= 0.3 is 0 Å². The Morgan fingerprint density at radius 3 is 2.81 bits per heavy atom.